The molecule has 1 aromatic rings. The third kappa shape index (κ3) is 4.16. The van der Waals surface area contributed by atoms with Crippen molar-refractivity contribution in [3.05, 3.63) is 16.3 Å². The lowest BCUT2D eigenvalue weighted by atomic mass is 10.2. The number of hydrogen-bond acceptors (Lipinski definition) is 5. The van der Waals surface area contributed by atoms with Gasteiger partial charge in [-0.05, 0) is 0 Å². The van der Waals surface area contributed by atoms with Gasteiger partial charge in [-0.3, -0.25) is 19.6 Å². The molecule has 0 bridgehead atoms. The lowest BCUT2D eigenvalue weighted by Gasteiger charge is -2.04. The van der Waals surface area contributed by atoms with Gasteiger partial charge in [0, 0.05) is 0 Å². The van der Waals surface area contributed by atoms with Crippen LogP contribution in [0.3, 0.4) is 0 Å². The fourth-order valence-corrected chi connectivity index (χ4v) is 1.22. The van der Waals surface area contributed by atoms with Crippen LogP contribution >= 0.6 is 0 Å². The maximum absolute atomic E-state index is 12.0. The van der Waals surface area contributed by atoms with E-state index in [9.17, 15) is 23.7 Å². The first kappa shape index (κ1) is 14.8. The number of nitro groups is 1. The zero-order valence-electron chi connectivity index (χ0n) is 9.82. The Bertz CT molecular complexity index is 476. The molecule has 10 heteroatoms. The molecular formula is C9H11F2N3O5. The summed E-state index contributed by atoms with van der Waals surface area (Å²) in [5, 5.41) is 22.9. The molecule has 1 N–H and O–H groups in total. The molecule has 0 aliphatic carbocycles. The van der Waals surface area contributed by atoms with Crippen molar-refractivity contribution in [1.82, 2.24) is 9.78 Å². The summed E-state index contributed by atoms with van der Waals surface area (Å²) in [4.78, 5) is 20.5. The number of alkyl halides is 2. The highest BCUT2D eigenvalue weighted by atomic mass is 19.3. The average Bonchev–Trinajstić information content (AvgIpc) is 2.69. The fraction of sp³-hybridized carbons (Fsp3) is 0.556. The lowest BCUT2D eigenvalue weighted by molar-refractivity contribution is -0.386. The minimum atomic E-state index is -2.79. The Hall–Kier alpha value is -2.26. The van der Waals surface area contributed by atoms with Crippen molar-refractivity contribution in [3.63, 3.8) is 0 Å². The predicted octanol–water partition coefficient (Wildman–Crippen LogP) is 1.16. The highest BCUT2D eigenvalue weighted by molar-refractivity contribution is 5.69. The molecule has 0 aromatic carbocycles. The molecule has 1 heterocycles. The molecule has 19 heavy (non-hydrogen) atoms. The largest absolute Gasteiger partial charge is 0.481 e. The number of rotatable bonds is 7. The molecule has 8 nitrogen and oxygen atoms in total. The summed E-state index contributed by atoms with van der Waals surface area (Å²) in [5.41, 5.74) is -0.585. The number of carboxylic acids is 1. The highest BCUT2D eigenvalue weighted by Crippen LogP contribution is 2.25. The Morgan fingerprint density at radius 1 is 1.68 bits per heavy atom. The van der Waals surface area contributed by atoms with Gasteiger partial charge in [0.15, 0.2) is 6.61 Å². The van der Waals surface area contributed by atoms with Crippen LogP contribution in [-0.2, 0) is 11.3 Å². The summed E-state index contributed by atoms with van der Waals surface area (Å²) in [6.07, 6.45) is -1.84. The molecule has 0 saturated heterocycles. The first-order valence-electron chi connectivity index (χ1n) is 5.16. The second-order valence-electron chi connectivity index (χ2n) is 3.74. The van der Waals surface area contributed by atoms with Gasteiger partial charge in [0.05, 0.1) is 17.4 Å². The van der Waals surface area contributed by atoms with Gasteiger partial charge in [-0.2, -0.15) is 0 Å². The van der Waals surface area contributed by atoms with E-state index < -0.39 is 41.4 Å². The van der Waals surface area contributed by atoms with E-state index in [1.807, 2.05) is 0 Å². The predicted molar refractivity (Wildman–Crippen MR) is 57.2 cm³/mol. The number of carbonyl (C=O) groups is 1. The second-order valence-corrected chi connectivity index (χ2v) is 3.74. The topological polar surface area (TPSA) is 107 Å². The monoisotopic (exact) mass is 279 g/mol. The van der Waals surface area contributed by atoms with Crippen molar-refractivity contribution in [2.75, 3.05) is 6.61 Å². The van der Waals surface area contributed by atoms with Crippen molar-refractivity contribution < 1.29 is 28.3 Å². The van der Waals surface area contributed by atoms with Gasteiger partial charge in [0.25, 0.3) is 6.43 Å². The number of ether oxygens (including phenoxy) is 1. The van der Waals surface area contributed by atoms with Gasteiger partial charge in [-0.1, -0.05) is 6.92 Å². The van der Waals surface area contributed by atoms with E-state index >= 15 is 0 Å². The van der Waals surface area contributed by atoms with Crippen LogP contribution in [-0.4, -0.2) is 38.8 Å². The summed E-state index contributed by atoms with van der Waals surface area (Å²) in [7, 11) is 0. The number of aliphatic carboxylic acids is 1. The van der Waals surface area contributed by atoms with E-state index in [0.29, 0.717) is 0 Å². The van der Waals surface area contributed by atoms with Gasteiger partial charge < -0.3 is 9.84 Å². The summed E-state index contributed by atoms with van der Waals surface area (Å²) >= 11 is 0. The quantitative estimate of drug-likeness (QED) is 0.592. The standard InChI is InChI=1S/C9H11F2N3O5/c1-5(9(15)16)2-13-3-6(14(17)18)8(12-13)19-4-7(10)11/h3,5,7H,2,4H2,1H3,(H,15,16)/t5-/m1/s1. The normalized spacial score (nSPS) is 12.4. The summed E-state index contributed by atoms with van der Waals surface area (Å²) in [5.74, 6) is -2.49. The van der Waals surface area contributed by atoms with E-state index in [0.717, 1.165) is 10.9 Å². The molecule has 1 rings (SSSR count). The molecule has 0 aliphatic heterocycles. The van der Waals surface area contributed by atoms with Crippen LogP contribution in [0, 0.1) is 16.0 Å². The van der Waals surface area contributed by atoms with Crippen molar-refractivity contribution in [3.8, 4) is 5.88 Å². The molecule has 0 amide bonds. The Morgan fingerprint density at radius 3 is 2.79 bits per heavy atom. The third-order valence-corrected chi connectivity index (χ3v) is 2.13. The molecule has 0 aliphatic rings. The number of carboxylic acid groups (broad SMARTS) is 1. The van der Waals surface area contributed by atoms with Crippen molar-refractivity contribution in [1.29, 1.82) is 0 Å². The SMILES string of the molecule is C[C@H](Cn1cc([N+](=O)[O-])c(OCC(F)F)n1)C(=O)O. The summed E-state index contributed by atoms with van der Waals surface area (Å²) in [6.45, 7) is 0.232. The van der Waals surface area contributed by atoms with Gasteiger partial charge >= 0.3 is 17.5 Å². The zero-order valence-corrected chi connectivity index (χ0v) is 9.82. The van der Waals surface area contributed by atoms with Crippen molar-refractivity contribution in [2.45, 2.75) is 19.9 Å². The van der Waals surface area contributed by atoms with E-state index in [1.165, 1.54) is 6.92 Å². The van der Waals surface area contributed by atoms with Crippen LogP contribution in [0.5, 0.6) is 5.88 Å². The van der Waals surface area contributed by atoms with Gasteiger partial charge in [-0.15, -0.1) is 5.10 Å². The van der Waals surface area contributed by atoms with E-state index in [-0.39, 0.29) is 6.54 Å². The smallest absolute Gasteiger partial charge is 0.350 e. The second kappa shape index (κ2) is 6.07. The van der Waals surface area contributed by atoms with E-state index in [2.05, 4.69) is 9.84 Å². The van der Waals surface area contributed by atoms with Crippen LogP contribution in [0.1, 0.15) is 6.92 Å². The lowest BCUT2D eigenvalue weighted by Crippen LogP contribution is -2.17. The molecular weight excluding hydrogens is 268 g/mol. The molecule has 106 valence electrons. The first-order chi connectivity index (χ1) is 8.81. The first-order valence-corrected chi connectivity index (χ1v) is 5.16. The van der Waals surface area contributed by atoms with Crippen molar-refractivity contribution >= 4 is 11.7 Å². The van der Waals surface area contributed by atoms with Gasteiger partial charge in [-0.25, -0.2) is 8.78 Å². The average molecular weight is 279 g/mol. The van der Waals surface area contributed by atoms with Crippen LogP contribution in [0.4, 0.5) is 14.5 Å². The minimum Gasteiger partial charge on any atom is -0.481 e. The molecule has 0 spiro atoms. The molecule has 1 aromatic heterocycles. The van der Waals surface area contributed by atoms with Crippen molar-refractivity contribution in [2.24, 2.45) is 5.92 Å². The van der Waals surface area contributed by atoms with Crippen LogP contribution in [0.2, 0.25) is 0 Å². The Kier molecular flexibility index (Phi) is 4.73. The molecule has 0 fully saturated rings. The van der Waals surface area contributed by atoms with Crippen LogP contribution in [0.25, 0.3) is 0 Å². The fourth-order valence-electron chi connectivity index (χ4n) is 1.22. The van der Waals surface area contributed by atoms with Crippen LogP contribution < -0.4 is 4.74 Å². The van der Waals surface area contributed by atoms with Gasteiger partial charge in [0.2, 0.25) is 0 Å². The molecule has 0 radical (unpaired) electrons. The van der Waals surface area contributed by atoms with E-state index in [4.69, 9.17) is 5.11 Å². The number of halogens is 2. The highest BCUT2D eigenvalue weighted by Gasteiger charge is 2.23. The summed E-state index contributed by atoms with van der Waals surface area (Å²) < 4.78 is 29.4. The maximum atomic E-state index is 12.0. The number of nitrogens with zero attached hydrogens (tertiary/aromatic N) is 3. The Balaban J connectivity index is 2.87. The Morgan fingerprint density at radius 2 is 2.32 bits per heavy atom. The number of aromatic nitrogens is 2. The molecule has 0 unspecified atom stereocenters. The number of hydrogen-bond donors (Lipinski definition) is 1. The Labute approximate surface area is 105 Å². The summed E-state index contributed by atoms with van der Waals surface area (Å²) in [6, 6.07) is 0. The zero-order chi connectivity index (χ0) is 14.6. The van der Waals surface area contributed by atoms with E-state index in [1.54, 1.807) is 0 Å². The minimum absolute atomic E-state index is 0.131. The molecule has 1 atom stereocenters. The third-order valence-electron chi connectivity index (χ3n) is 2.13. The van der Waals surface area contributed by atoms with Gasteiger partial charge in [0.1, 0.15) is 6.20 Å². The molecule has 0 saturated carbocycles. The van der Waals surface area contributed by atoms with Crippen LogP contribution in [0.15, 0.2) is 6.20 Å². The maximum Gasteiger partial charge on any atom is 0.350 e.